The minimum atomic E-state index is -0.0837. The Morgan fingerprint density at radius 2 is 1.63 bits per heavy atom. The number of hydrogen-bond donors (Lipinski definition) is 0. The summed E-state index contributed by atoms with van der Waals surface area (Å²) in [5, 5.41) is 1.61. The molecule has 0 fully saturated rings. The van der Waals surface area contributed by atoms with Gasteiger partial charge in [-0.1, -0.05) is 59.6 Å². The molecule has 0 spiro atoms. The molecule has 0 unspecified atom stereocenters. The summed E-state index contributed by atoms with van der Waals surface area (Å²) in [7, 11) is 0. The highest BCUT2D eigenvalue weighted by atomic mass is 35.5. The summed E-state index contributed by atoms with van der Waals surface area (Å²) < 4.78 is 1.66. The van der Waals surface area contributed by atoms with E-state index >= 15 is 0 Å². The number of para-hydroxylation sites is 2. The summed E-state index contributed by atoms with van der Waals surface area (Å²) in [6, 6.07) is 22.4. The molecule has 0 radical (unpaired) electrons. The second kappa shape index (κ2) is 7.77. The topological polar surface area (TPSA) is 34.9 Å². The van der Waals surface area contributed by atoms with E-state index < -0.39 is 0 Å². The molecule has 3 nitrogen and oxygen atoms in total. The van der Waals surface area contributed by atoms with E-state index in [1.54, 1.807) is 16.7 Å². The molecule has 0 aliphatic carbocycles. The first-order valence-electron chi connectivity index (χ1n) is 8.28. The van der Waals surface area contributed by atoms with Crippen molar-refractivity contribution in [3.63, 3.8) is 0 Å². The van der Waals surface area contributed by atoms with Crippen LogP contribution in [0.3, 0.4) is 0 Å². The summed E-state index contributed by atoms with van der Waals surface area (Å²) in [5.41, 5.74) is 1.38. The zero-order valence-corrected chi connectivity index (χ0v) is 16.4. The van der Waals surface area contributed by atoms with Gasteiger partial charge in [-0.15, -0.1) is 11.8 Å². The third-order valence-corrected chi connectivity index (χ3v) is 6.12. The fourth-order valence-corrected chi connectivity index (χ4v) is 4.27. The van der Waals surface area contributed by atoms with Crippen LogP contribution >= 0.6 is 35.0 Å². The van der Waals surface area contributed by atoms with E-state index in [1.807, 2.05) is 60.7 Å². The lowest BCUT2D eigenvalue weighted by Gasteiger charge is -2.14. The molecule has 0 amide bonds. The van der Waals surface area contributed by atoms with Gasteiger partial charge < -0.3 is 0 Å². The van der Waals surface area contributed by atoms with E-state index in [-0.39, 0.29) is 5.56 Å². The van der Waals surface area contributed by atoms with Crippen molar-refractivity contribution >= 4 is 45.9 Å². The molecule has 0 aliphatic heterocycles. The molecule has 4 aromatic rings. The standard InChI is InChI=1S/C21H14Cl2N2OS/c22-16-10-6-12-18(20(16)23)27-13-19-24-17-11-5-4-9-15(17)21(26)25(19)14-7-2-1-3-8-14/h1-12H,13H2. The van der Waals surface area contributed by atoms with Crippen molar-refractivity contribution in [1.29, 1.82) is 0 Å². The van der Waals surface area contributed by atoms with Crippen LogP contribution in [0.1, 0.15) is 5.82 Å². The molecule has 0 saturated carbocycles. The highest BCUT2D eigenvalue weighted by molar-refractivity contribution is 7.98. The average molecular weight is 413 g/mol. The summed E-state index contributed by atoms with van der Waals surface area (Å²) in [6.07, 6.45) is 0. The van der Waals surface area contributed by atoms with Crippen molar-refractivity contribution in [2.75, 3.05) is 0 Å². The molecule has 0 aliphatic rings. The third kappa shape index (κ3) is 3.61. The quantitative estimate of drug-likeness (QED) is 0.386. The van der Waals surface area contributed by atoms with Gasteiger partial charge in [0.1, 0.15) is 5.82 Å². The minimum absolute atomic E-state index is 0.0837. The Balaban J connectivity index is 1.83. The van der Waals surface area contributed by atoms with Gasteiger partial charge in [0, 0.05) is 4.90 Å². The zero-order valence-electron chi connectivity index (χ0n) is 14.1. The molecule has 4 rings (SSSR count). The molecule has 1 heterocycles. The lowest BCUT2D eigenvalue weighted by molar-refractivity contribution is 0.884. The number of rotatable bonds is 4. The maximum Gasteiger partial charge on any atom is 0.265 e. The fraction of sp³-hybridized carbons (Fsp3) is 0.0476. The molecule has 134 valence electrons. The van der Waals surface area contributed by atoms with Crippen LogP contribution < -0.4 is 5.56 Å². The Kier molecular flexibility index (Phi) is 5.21. The van der Waals surface area contributed by atoms with E-state index in [2.05, 4.69) is 0 Å². The van der Waals surface area contributed by atoms with Crippen molar-refractivity contribution in [1.82, 2.24) is 9.55 Å². The summed E-state index contributed by atoms with van der Waals surface area (Å²) >= 11 is 13.9. The SMILES string of the molecule is O=c1c2ccccc2nc(CSc2cccc(Cl)c2Cl)n1-c1ccccc1. The molecule has 27 heavy (non-hydrogen) atoms. The number of nitrogens with zero attached hydrogens (tertiary/aromatic N) is 2. The van der Waals surface area contributed by atoms with Crippen molar-refractivity contribution < 1.29 is 0 Å². The largest absolute Gasteiger partial charge is 0.268 e. The zero-order chi connectivity index (χ0) is 18.8. The van der Waals surface area contributed by atoms with Crippen molar-refractivity contribution in [2.45, 2.75) is 10.6 Å². The Bertz CT molecular complexity index is 1180. The molecule has 0 saturated heterocycles. The van der Waals surface area contributed by atoms with Crippen LogP contribution in [0, 0.1) is 0 Å². The molecular weight excluding hydrogens is 399 g/mol. The highest BCUT2D eigenvalue weighted by Gasteiger charge is 2.14. The number of thioether (sulfide) groups is 1. The van der Waals surface area contributed by atoms with Crippen LogP contribution in [0.4, 0.5) is 0 Å². The predicted molar refractivity (Wildman–Crippen MR) is 113 cm³/mol. The third-order valence-electron chi connectivity index (χ3n) is 4.13. The van der Waals surface area contributed by atoms with Gasteiger partial charge >= 0.3 is 0 Å². The first-order valence-corrected chi connectivity index (χ1v) is 10.0. The second-order valence-corrected chi connectivity index (χ2v) is 7.66. The van der Waals surface area contributed by atoms with Gasteiger partial charge in [-0.3, -0.25) is 9.36 Å². The van der Waals surface area contributed by atoms with Gasteiger partial charge in [-0.2, -0.15) is 0 Å². The molecule has 1 aromatic heterocycles. The maximum absolute atomic E-state index is 13.1. The number of hydrogen-bond acceptors (Lipinski definition) is 3. The maximum atomic E-state index is 13.1. The van der Waals surface area contributed by atoms with Crippen LogP contribution in [0.5, 0.6) is 0 Å². The average Bonchev–Trinajstić information content (AvgIpc) is 2.70. The van der Waals surface area contributed by atoms with E-state index in [0.717, 1.165) is 10.6 Å². The number of halogens is 2. The lowest BCUT2D eigenvalue weighted by atomic mass is 10.2. The Labute approximate surface area is 170 Å². The van der Waals surface area contributed by atoms with Crippen molar-refractivity contribution in [2.24, 2.45) is 0 Å². The van der Waals surface area contributed by atoms with E-state index in [0.29, 0.717) is 32.5 Å². The van der Waals surface area contributed by atoms with E-state index in [9.17, 15) is 4.79 Å². The predicted octanol–water partition coefficient (Wildman–Crippen LogP) is 5.98. The summed E-state index contributed by atoms with van der Waals surface area (Å²) in [6.45, 7) is 0. The van der Waals surface area contributed by atoms with Crippen molar-refractivity contribution in [3.8, 4) is 5.69 Å². The minimum Gasteiger partial charge on any atom is -0.268 e. The van der Waals surface area contributed by atoms with Gasteiger partial charge in [-0.25, -0.2) is 4.98 Å². The normalized spacial score (nSPS) is 11.0. The molecule has 3 aromatic carbocycles. The molecule has 0 bridgehead atoms. The summed E-state index contributed by atoms with van der Waals surface area (Å²) in [4.78, 5) is 18.7. The smallest absolute Gasteiger partial charge is 0.265 e. The monoisotopic (exact) mass is 412 g/mol. The lowest BCUT2D eigenvalue weighted by Crippen LogP contribution is -2.23. The molecule has 6 heteroatoms. The molecule has 0 N–H and O–H groups in total. The van der Waals surface area contributed by atoms with Gasteiger partial charge in [-0.05, 0) is 36.4 Å². The highest BCUT2D eigenvalue weighted by Crippen LogP contribution is 2.34. The van der Waals surface area contributed by atoms with E-state index in [1.165, 1.54) is 11.8 Å². The summed E-state index contributed by atoms with van der Waals surface area (Å²) in [5.74, 6) is 1.14. The van der Waals surface area contributed by atoms with E-state index in [4.69, 9.17) is 28.2 Å². The number of aromatic nitrogens is 2. The van der Waals surface area contributed by atoms with Crippen LogP contribution in [0.2, 0.25) is 10.0 Å². The first-order chi connectivity index (χ1) is 13.1. The van der Waals surface area contributed by atoms with Gasteiger partial charge in [0.05, 0.1) is 32.4 Å². The molecular formula is C21H14Cl2N2OS. The van der Waals surface area contributed by atoms with Crippen molar-refractivity contribution in [3.05, 3.63) is 99.0 Å². The Morgan fingerprint density at radius 3 is 2.44 bits per heavy atom. The Morgan fingerprint density at radius 1 is 0.889 bits per heavy atom. The molecule has 0 atom stereocenters. The number of fused-ring (bicyclic) bond motifs is 1. The van der Waals surface area contributed by atoms with Crippen LogP contribution in [-0.2, 0) is 5.75 Å². The second-order valence-electron chi connectivity index (χ2n) is 5.86. The van der Waals surface area contributed by atoms with Gasteiger partial charge in [0.15, 0.2) is 0 Å². The fourth-order valence-electron chi connectivity index (χ4n) is 2.86. The van der Waals surface area contributed by atoms with Crippen LogP contribution in [-0.4, -0.2) is 9.55 Å². The Hall–Kier alpha value is -2.27. The first kappa shape index (κ1) is 18.1. The van der Waals surface area contributed by atoms with Crippen LogP contribution in [0.15, 0.2) is 82.5 Å². The van der Waals surface area contributed by atoms with Gasteiger partial charge in [0.2, 0.25) is 0 Å². The van der Waals surface area contributed by atoms with Crippen LogP contribution in [0.25, 0.3) is 16.6 Å². The van der Waals surface area contributed by atoms with Gasteiger partial charge in [0.25, 0.3) is 5.56 Å². The number of benzene rings is 3.